The van der Waals surface area contributed by atoms with Crippen LogP contribution in [0, 0.1) is 5.41 Å². The Balaban J connectivity index is 0.00000196. The number of aromatic nitrogens is 2. The number of primary amides is 1. The van der Waals surface area contributed by atoms with Gasteiger partial charge in [-0.3, -0.25) is 4.79 Å². The van der Waals surface area contributed by atoms with Gasteiger partial charge >= 0.3 is 11.8 Å². The molecule has 1 aromatic heterocycles. The van der Waals surface area contributed by atoms with Crippen molar-refractivity contribution in [3.8, 4) is 0 Å². The average molecular weight is 235 g/mol. The van der Waals surface area contributed by atoms with Gasteiger partial charge in [-0.2, -0.15) is 0 Å². The topological polar surface area (TPSA) is 108 Å². The van der Waals surface area contributed by atoms with Gasteiger partial charge in [0.1, 0.15) is 0 Å². The van der Waals surface area contributed by atoms with Gasteiger partial charge in [-0.25, -0.2) is 0 Å². The Morgan fingerprint density at radius 1 is 1.40 bits per heavy atom. The molecule has 0 aliphatic heterocycles. The fourth-order valence-electron chi connectivity index (χ4n) is 0.830. The van der Waals surface area contributed by atoms with E-state index in [1.54, 1.807) is 0 Å². The number of rotatable bonds is 2. The predicted molar refractivity (Wildman–Crippen MR) is 56.4 cm³/mol. The summed E-state index contributed by atoms with van der Waals surface area (Å²) in [6, 6.07) is -0.414. The quantitative estimate of drug-likeness (QED) is 0.781. The van der Waals surface area contributed by atoms with E-state index in [1.807, 2.05) is 20.8 Å². The van der Waals surface area contributed by atoms with Crippen molar-refractivity contribution in [2.45, 2.75) is 26.8 Å². The number of hydrogen-bond acceptors (Lipinski definition) is 5. The third kappa shape index (κ3) is 3.17. The minimum absolute atomic E-state index is 0. The molecule has 1 atom stereocenters. The minimum atomic E-state index is -0.746. The molecule has 0 aliphatic rings. The third-order valence-electron chi connectivity index (χ3n) is 1.85. The summed E-state index contributed by atoms with van der Waals surface area (Å²) >= 11 is 0. The first kappa shape index (κ1) is 13.9. The standard InChI is InChI=1S/C8H14N4O2.ClH/c1-8(2,3)4(9)6-11-12-7(14-6)5(10)13;/h4H,9H2,1-3H3,(H2,10,13);1H/t4-;/m1./s1. The third-order valence-corrected chi connectivity index (χ3v) is 1.85. The summed E-state index contributed by atoms with van der Waals surface area (Å²) in [5.74, 6) is -0.726. The molecule has 7 heteroatoms. The van der Waals surface area contributed by atoms with Crippen LogP contribution in [0.15, 0.2) is 4.42 Å². The number of nitrogens with two attached hydrogens (primary N) is 2. The zero-order valence-corrected chi connectivity index (χ0v) is 9.67. The molecule has 1 amide bonds. The van der Waals surface area contributed by atoms with Crippen LogP contribution >= 0.6 is 12.4 Å². The van der Waals surface area contributed by atoms with Crippen molar-refractivity contribution in [2.75, 3.05) is 0 Å². The van der Waals surface area contributed by atoms with Crippen LogP contribution in [-0.4, -0.2) is 16.1 Å². The summed E-state index contributed by atoms with van der Waals surface area (Å²) in [7, 11) is 0. The van der Waals surface area contributed by atoms with E-state index in [9.17, 15) is 4.79 Å². The van der Waals surface area contributed by atoms with Crippen molar-refractivity contribution < 1.29 is 9.21 Å². The summed E-state index contributed by atoms with van der Waals surface area (Å²) in [6.45, 7) is 5.81. The Labute approximate surface area is 93.8 Å². The molecule has 1 rings (SSSR count). The molecule has 1 heterocycles. The molecule has 6 nitrogen and oxygen atoms in total. The van der Waals surface area contributed by atoms with Gasteiger partial charge in [0.25, 0.3) is 0 Å². The molecule has 4 N–H and O–H groups in total. The van der Waals surface area contributed by atoms with Crippen LogP contribution in [0.2, 0.25) is 0 Å². The van der Waals surface area contributed by atoms with Crippen molar-refractivity contribution in [3.05, 3.63) is 11.8 Å². The van der Waals surface area contributed by atoms with Crippen LogP contribution in [0.5, 0.6) is 0 Å². The molecule has 0 aliphatic carbocycles. The zero-order chi connectivity index (χ0) is 10.9. The molecule has 0 spiro atoms. The number of carbonyl (C=O) groups excluding carboxylic acids is 1. The predicted octanol–water partition coefficient (Wildman–Crippen LogP) is 0.636. The highest BCUT2D eigenvalue weighted by molar-refractivity contribution is 5.87. The minimum Gasteiger partial charge on any atom is -0.415 e. The summed E-state index contributed by atoms with van der Waals surface area (Å²) in [4.78, 5) is 10.7. The molecule has 1 aromatic rings. The highest BCUT2D eigenvalue weighted by Gasteiger charge is 2.27. The number of amides is 1. The van der Waals surface area contributed by atoms with E-state index >= 15 is 0 Å². The first-order chi connectivity index (χ1) is 6.32. The number of halogens is 1. The maximum atomic E-state index is 10.7. The SMILES string of the molecule is CC(C)(C)[C@H](N)c1nnc(C(N)=O)o1.Cl. The zero-order valence-electron chi connectivity index (χ0n) is 8.85. The van der Waals surface area contributed by atoms with Gasteiger partial charge in [0.15, 0.2) is 0 Å². The van der Waals surface area contributed by atoms with Crippen molar-refractivity contribution in [1.82, 2.24) is 10.2 Å². The lowest BCUT2D eigenvalue weighted by atomic mass is 9.87. The second kappa shape index (κ2) is 4.59. The highest BCUT2D eigenvalue weighted by Crippen LogP contribution is 2.29. The van der Waals surface area contributed by atoms with Crippen molar-refractivity contribution in [2.24, 2.45) is 16.9 Å². The summed E-state index contributed by atoms with van der Waals surface area (Å²) in [6.07, 6.45) is 0. The van der Waals surface area contributed by atoms with E-state index in [4.69, 9.17) is 15.9 Å². The van der Waals surface area contributed by atoms with E-state index in [1.165, 1.54) is 0 Å². The molecule has 86 valence electrons. The monoisotopic (exact) mass is 234 g/mol. The Hall–Kier alpha value is -1.14. The summed E-state index contributed by atoms with van der Waals surface area (Å²) in [5.41, 5.74) is 10.6. The van der Waals surface area contributed by atoms with Gasteiger partial charge < -0.3 is 15.9 Å². The van der Waals surface area contributed by atoms with E-state index in [2.05, 4.69) is 10.2 Å². The van der Waals surface area contributed by atoms with Gasteiger partial charge in [-0.15, -0.1) is 22.6 Å². The molecule has 0 unspecified atom stereocenters. The first-order valence-electron chi connectivity index (χ1n) is 4.21. The summed E-state index contributed by atoms with van der Waals surface area (Å²) in [5, 5.41) is 7.14. The second-order valence-corrected chi connectivity index (χ2v) is 4.15. The fraction of sp³-hybridized carbons (Fsp3) is 0.625. The van der Waals surface area contributed by atoms with Crippen molar-refractivity contribution in [3.63, 3.8) is 0 Å². The maximum absolute atomic E-state index is 10.7. The molecule has 15 heavy (non-hydrogen) atoms. The number of hydrogen-bond donors (Lipinski definition) is 2. The molecule has 0 radical (unpaired) electrons. The van der Waals surface area contributed by atoms with Gasteiger partial charge in [-0.1, -0.05) is 20.8 Å². The van der Waals surface area contributed by atoms with Gasteiger partial charge in [0, 0.05) is 0 Å². The van der Waals surface area contributed by atoms with Gasteiger partial charge in [0.05, 0.1) is 6.04 Å². The Kier molecular flexibility index (Phi) is 4.24. The highest BCUT2D eigenvalue weighted by atomic mass is 35.5. The van der Waals surface area contributed by atoms with Crippen LogP contribution in [0.1, 0.15) is 43.4 Å². The Morgan fingerprint density at radius 2 is 1.93 bits per heavy atom. The molecule has 0 bridgehead atoms. The van der Waals surface area contributed by atoms with Crippen LogP contribution < -0.4 is 11.5 Å². The summed E-state index contributed by atoms with van der Waals surface area (Å²) < 4.78 is 5.01. The van der Waals surface area contributed by atoms with Crippen LogP contribution in [0.25, 0.3) is 0 Å². The molecular formula is C8H15ClN4O2. The first-order valence-corrected chi connectivity index (χ1v) is 4.21. The van der Waals surface area contributed by atoms with Crippen LogP contribution in [0.4, 0.5) is 0 Å². The lowest BCUT2D eigenvalue weighted by Gasteiger charge is -2.23. The molecular weight excluding hydrogens is 220 g/mol. The van der Waals surface area contributed by atoms with Crippen LogP contribution in [-0.2, 0) is 0 Å². The molecule has 0 aromatic carbocycles. The molecule has 0 saturated carbocycles. The Bertz CT molecular complexity index is 345. The lowest BCUT2D eigenvalue weighted by Crippen LogP contribution is -2.26. The Morgan fingerprint density at radius 3 is 2.27 bits per heavy atom. The van der Waals surface area contributed by atoms with E-state index < -0.39 is 11.9 Å². The van der Waals surface area contributed by atoms with E-state index in [-0.39, 0.29) is 29.6 Å². The second-order valence-electron chi connectivity index (χ2n) is 4.15. The largest absolute Gasteiger partial charge is 0.415 e. The normalized spacial score (nSPS) is 13.1. The maximum Gasteiger partial charge on any atom is 0.306 e. The van der Waals surface area contributed by atoms with Gasteiger partial charge in [0.2, 0.25) is 5.89 Å². The van der Waals surface area contributed by atoms with E-state index in [0.717, 1.165) is 0 Å². The number of nitrogens with zero attached hydrogens (tertiary/aromatic N) is 2. The smallest absolute Gasteiger partial charge is 0.306 e. The van der Waals surface area contributed by atoms with E-state index in [0.29, 0.717) is 0 Å². The van der Waals surface area contributed by atoms with Crippen molar-refractivity contribution in [1.29, 1.82) is 0 Å². The molecule has 0 fully saturated rings. The lowest BCUT2D eigenvalue weighted by molar-refractivity contribution is 0.0963. The molecule has 0 saturated heterocycles. The fourth-order valence-corrected chi connectivity index (χ4v) is 0.830. The van der Waals surface area contributed by atoms with Crippen molar-refractivity contribution >= 4 is 18.3 Å². The van der Waals surface area contributed by atoms with Crippen LogP contribution in [0.3, 0.4) is 0 Å². The number of carbonyl (C=O) groups is 1. The average Bonchev–Trinajstić information content (AvgIpc) is 2.48. The van der Waals surface area contributed by atoms with Gasteiger partial charge in [-0.05, 0) is 5.41 Å².